The van der Waals surface area contributed by atoms with Crippen molar-refractivity contribution < 1.29 is 9.90 Å². The predicted octanol–water partition coefficient (Wildman–Crippen LogP) is 2.67. The van der Waals surface area contributed by atoms with Gasteiger partial charge in [-0.2, -0.15) is 5.10 Å². The molecule has 1 N–H and O–H groups in total. The van der Waals surface area contributed by atoms with Crippen LogP contribution >= 0.6 is 15.9 Å². The number of hydrogen-bond donors (Lipinski definition) is 1. The molecule has 0 atom stereocenters. The number of aryl methyl sites for hydroxylation is 2. The largest absolute Gasteiger partial charge is 0.478 e. The summed E-state index contributed by atoms with van der Waals surface area (Å²) in [7, 11) is 0. The molecule has 0 aliphatic carbocycles. The quantitative estimate of drug-likeness (QED) is 0.921. The molecule has 0 fully saturated rings. The minimum atomic E-state index is -0.928. The lowest BCUT2D eigenvalue weighted by molar-refractivity contribution is 0.0698. The van der Waals surface area contributed by atoms with E-state index in [2.05, 4.69) is 21.0 Å². The topological polar surface area (TPSA) is 54.6 Å². The highest BCUT2D eigenvalue weighted by molar-refractivity contribution is 9.10. The molecule has 2 aromatic rings. The lowest BCUT2D eigenvalue weighted by Crippen LogP contribution is -1.99. The number of aromatic carboxylic acids is 1. The molecule has 0 aromatic carbocycles. The van der Waals surface area contributed by atoms with Gasteiger partial charge in [-0.25, -0.2) is 9.31 Å². The van der Waals surface area contributed by atoms with E-state index in [4.69, 9.17) is 0 Å². The molecule has 5 heteroatoms. The summed E-state index contributed by atoms with van der Waals surface area (Å²) in [5, 5.41) is 13.4. The second-order valence-corrected chi connectivity index (χ2v) is 4.47. The monoisotopic (exact) mass is 282 g/mol. The molecular weight excluding hydrogens is 272 g/mol. The number of rotatable bonds is 2. The molecule has 2 heterocycles. The molecule has 84 valence electrons. The second-order valence-electron chi connectivity index (χ2n) is 3.61. The van der Waals surface area contributed by atoms with Crippen LogP contribution in [0.1, 0.15) is 28.5 Å². The number of fused-ring (bicyclic) bond motifs is 1. The number of pyridine rings is 1. The number of carbonyl (C=O) groups is 1. The van der Waals surface area contributed by atoms with Gasteiger partial charge >= 0.3 is 5.97 Å². The number of aromatic nitrogens is 2. The summed E-state index contributed by atoms with van der Waals surface area (Å²) >= 11 is 3.40. The molecule has 0 amide bonds. The molecular formula is C11H11BrN2O2. The van der Waals surface area contributed by atoms with E-state index in [-0.39, 0.29) is 0 Å². The fourth-order valence-corrected chi connectivity index (χ4v) is 2.01. The van der Waals surface area contributed by atoms with Crippen LogP contribution in [0.5, 0.6) is 0 Å². The highest BCUT2D eigenvalue weighted by Gasteiger charge is 2.18. The summed E-state index contributed by atoms with van der Waals surface area (Å²) < 4.78 is 2.52. The van der Waals surface area contributed by atoms with Gasteiger partial charge in [0.15, 0.2) is 0 Å². The molecule has 0 saturated heterocycles. The van der Waals surface area contributed by atoms with Crippen LogP contribution in [0.25, 0.3) is 5.52 Å². The summed E-state index contributed by atoms with van der Waals surface area (Å²) in [5.41, 5.74) is 2.56. The average Bonchev–Trinajstić information content (AvgIpc) is 2.56. The third-order valence-corrected chi connectivity index (χ3v) is 3.38. The van der Waals surface area contributed by atoms with E-state index in [0.29, 0.717) is 23.2 Å². The van der Waals surface area contributed by atoms with Gasteiger partial charge in [0, 0.05) is 10.7 Å². The molecule has 2 aromatic heterocycles. The number of halogens is 1. The van der Waals surface area contributed by atoms with Crippen LogP contribution in [0.3, 0.4) is 0 Å². The summed E-state index contributed by atoms with van der Waals surface area (Å²) in [4.78, 5) is 11.2. The predicted molar refractivity (Wildman–Crippen MR) is 64.0 cm³/mol. The Balaban J connectivity index is 2.84. The third-order valence-electron chi connectivity index (χ3n) is 2.52. The van der Waals surface area contributed by atoms with Crippen molar-refractivity contribution in [1.29, 1.82) is 0 Å². The first-order valence-corrected chi connectivity index (χ1v) is 5.74. The average molecular weight is 283 g/mol. The van der Waals surface area contributed by atoms with Crippen molar-refractivity contribution in [3.63, 3.8) is 0 Å². The standard InChI is InChI=1S/C11H11BrN2O2/c1-3-8-10(11(15)16)9-4-7(12)6(2)5-14(9)13-8/h4-5H,3H2,1-2H3,(H,15,16). The molecule has 16 heavy (non-hydrogen) atoms. The molecule has 0 bridgehead atoms. The number of hydrogen-bond acceptors (Lipinski definition) is 2. The Morgan fingerprint density at radius 3 is 2.88 bits per heavy atom. The van der Waals surface area contributed by atoms with E-state index in [1.807, 2.05) is 20.0 Å². The fraction of sp³-hybridized carbons (Fsp3) is 0.273. The van der Waals surface area contributed by atoms with Crippen molar-refractivity contribution in [2.24, 2.45) is 0 Å². The van der Waals surface area contributed by atoms with Gasteiger partial charge < -0.3 is 5.11 Å². The maximum atomic E-state index is 11.2. The van der Waals surface area contributed by atoms with E-state index in [1.54, 1.807) is 10.6 Å². The minimum absolute atomic E-state index is 0.295. The normalized spacial score (nSPS) is 10.9. The van der Waals surface area contributed by atoms with Crippen LogP contribution in [-0.4, -0.2) is 20.7 Å². The van der Waals surface area contributed by atoms with Gasteiger partial charge in [-0.15, -0.1) is 0 Å². The molecule has 0 spiro atoms. The third kappa shape index (κ3) is 1.61. The Kier molecular flexibility index (Phi) is 2.71. The first-order valence-electron chi connectivity index (χ1n) is 4.95. The van der Waals surface area contributed by atoms with E-state index in [9.17, 15) is 9.90 Å². The number of carboxylic acid groups (broad SMARTS) is 1. The zero-order valence-corrected chi connectivity index (χ0v) is 10.6. The summed E-state index contributed by atoms with van der Waals surface area (Å²) in [6, 6.07) is 1.80. The summed E-state index contributed by atoms with van der Waals surface area (Å²) in [5.74, 6) is -0.928. The SMILES string of the molecule is CCc1nn2cc(C)c(Br)cc2c1C(=O)O. The van der Waals surface area contributed by atoms with Crippen LogP contribution < -0.4 is 0 Å². The Labute approximate surface area is 101 Å². The first kappa shape index (κ1) is 11.1. The van der Waals surface area contributed by atoms with Crippen LogP contribution in [0.2, 0.25) is 0 Å². The molecule has 0 unspecified atom stereocenters. The molecule has 4 nitrogen and oxygen atoms in total. The summed E-state index contributed by atoms with van der Waals surface area (Å²) in [6.45, 7) is 3.84. The van der Waals surface area contributed by atoms with Crippen molar-refractivity contribution >= 4 is 27.4 Å². The molecule has 0 aliphatic heterocycles. The Morgan fingerprint density at radius 1 is 1.62 bits per heavy atom. The van der Waals surface area contributed by atoms with Gasteiger partial charge in [-0.05, 0) is 25.0 Å². The lowest BCUT2D eigenvalue weighted by Gasteiger charge is -1.99. The molecule has 0 aliphatic rings. The van der Waals surface area contributed by atoms with E-state index < -0.39 is 5.97 Å². The van der Waals surface area contributed by atoms with Crippen molar-refractivity contribution in [3.05, 3.63) is 33.6 Å². The second kappa shape index (κ2) is 3.90. The highest BCUT2D eigenvalue weighted by atomic mass is 79.9. The van der Waals surface area contributed by atoms with Crippen LogP contribution in [0.4, 0.5) is 0 Å². The first-order chi connectivity index (χ1) is 7.54. The van der Waals surface area contributed by atoms with Crippen LogP contribution in [-0.2, 0) is 6.42 Å². The summed E-state index contributed by atoms with van der Waals surface area (Å²) in [6.07, 6.45) is 2.44. The van der Waals surface area contributed by atoms with E-state index in [1.165, 1.54) is 0 Å². The van der Waals surface area contributed by atoms with Gasteiger partial charge in [0.05, 0.1) is 11.2 Å². The maximum absolute atomic E-state index is 11.2. The smallest absolute Gasteiger partial charge is 0.339 e. The lowest BCUT2D eigenvalue weighted by atomic mass is 10.1. The Morgan fingerprint density at radius 2 is 2.31 bits per heavy atom. The van der Waals surface area contributed by atoms with Gasteiger partial charge in [-0.1, -0.05) is 22.9 Å². The molecule has 0 saturated carbocycles. The van der Waals surface area contributed by atoms with Crippen molar-refractivity contribution in [2.75, 3.05) is 0 Å². The van der Waals surface area contributed by atoms with E-state index in [0.717, 1.165) is 10.0 Å². The Hall–Kier alpha value is -1.36. The van der Waals surface area contributed by atoms with Gasteiger partial charge in [-0.3, -0.25) is 0 Å². The zero-order chi connectivity index (χ0) is 11.9. The molecule has 0 radical (unpaired) electrons. The van der Waals surface area contributed by atoms with Gasteiger partial charge in [0.25, 0.3) is 0 Å². The van der Waals surface area contributed by atoms with Crippen LogP contribution in [0, 0.1) is 6.92 Å². The highest BCUT2D eigenvalue weighted by Crippen LogP contribution is 2.23. The Bertz CT molecular complexity index is 575. The minimum Gasteiger partial charge on any atom is -0.478 e. The van der Waals surface area contributed by atoms with Crippen LogP contribution in [0.15, 0.2) is 16.7 Å². The maximum Gasteiger partial charge on any atom is 0.339 e. The van der Waals surface area contributed by atoms with Gasteiger partial charge in [0.1, 0.15) is 5.56 Å². The van der Waals surface area contributed by atoms with E-state index >= 15 is 0 Å². The number of nitrogens with zero attached hydrogens (tertiary/aromatic N) is 2. The van der Waals surface area contributed by atoms with Crippen molar-refractivity contribution in [3.8, 4) is 0 Å². The molecule has 2 rings (SSSR count). The van der Waals surface area contributed by atoms with Crippen molar-refractivity contribution in [1.82, 2.24) is 9.61 Å². The zero-order valence-electron chi connectivity index (χ0n) is 8.99. The van der Waals surface area contributed by atoms with Crippen molar-refractivity contribution in [2.45, 2.75) is 20.3 Å². The number of carboxylic acids is 1. The van der Waals surface area contributed by atoms with Gasteiger partial charge in [0.2, 0.25) is 0 Å². The fourth-order valence-electron chi connectivity index (χ4n) is 1.69.